The van der Waals surface area contributed by atoms with Gasteiger partial charge in [0.1, 0.15) is 0 Å². The van der Waals surface area contributed by atoms with Gasteiger partial charge in [-0.2, -0.15) is 0 Å². The minimum atomic E-state index is -0.681. The molecule has 0 saturated carbocycles. The minimum Gasteiger partial charge on any atom is -0.326 e. The van der Waals surface area contributed by atoms with Crippen LogP contribution in [-0.2, 0) is 21.4 Å². The number of anilines is 1. The molecule has 0 atom stereocenters. The third-order valence-electron chi connectivity index (χ3n) is 3.58. The maximum Gasteiger partial charge on any atom is 0.246 e. The molecule has 1 aromatic rings. The van der Waals surface area contributed by atoms with Crippen LogP contribution < -0.4 is 11.2 Å². The predicted octanol–water partition coefficient (Wildman–Crippen LogP) is 1.18. The van der Waals surface area contributed by atoms with E-state index in [0.29, 0.717) is 12.8 Å². The number of benzene rings is 1. The molecule has 0 bridgehead atoms. The van der Waals surface area contributed by atoms with Crippen molar-refractivity contribution < 1.29 is 9.59 Å². The summed E-state index contributed by atoms with van der Waals surface area (Å²) < 4.78 is 0. The van der Waals surface area contributed by atoms with Crippen molar-refractivity contribution in [2.24, 2.45) is 5.84 Å². The Kier molecular flexibility index (Phi) is 3.32. The lowest BCUT2D eigenvalue weighted by atomic mass is 9.82. The number of likely N-dealkylation sites (N-methyl/N-ethyl adjacent to an activating group) is 1. The summed E-state index contributed by atoms with van der Waals surface area (Å²) in [5.41, 5.74) is 2.13. The van der Waals surface area contributed by atoms with Crippen LogP contribution in [0, 0.1) is 0 Å². The Bertz CT molecular complexity index is 535. The molecule has 0 saturated heterocycles. The Morgan fingerprint density at radius 1 is 1.37 bits per heavy atom. The first-order valence-electron chi connectivity index (χ1n) is 6.28. The molecule has 0 aromatic heterocycles. The van der Waals surface area contributed by atoms with Gasteiger partial charge in [-0.15, -0.1) is 0 Å². The van der Waals surface area contributed by atoms with Gasteiger partial charge in [0, 0.05) is 19.2 Å². The highest BCUT2D eigenvalue weighted by molar-refractivity contribution is 5.94. The van der Waals surface area contributed by atoms with E-state index >= 15 is 0 Å². The van der Waals surface area contributed by atoms with E-state index in [1.165, 1.54) is 0 Å². The van der Waals surface area contributed by atoms with Crippen LogP contribution in [0.4, 0.5) is 5.69 Å². The number of nitrogens with two attached hydrogens (primary N) is 1. The Balaban J connectivity index is 2.37. The highest BCUT2D eigenvalue weighted by Crippen LogP contribution is 2.30. The number of aryl methyl sites for hydroxylation is 1. The van der Waals surface area contributed by atoms with E-state index in [1.54, 1.807) is 7.05 Å². The topological polar surface area (TPSA) is 75.4 Å². The van der Waals surface area contributed by atoms with Crippen molar-refractivity contribution in [2.45, 2.75) is 32.1 Å². The van der Waals surface area contributed by atoms with Crippen LogP contribution in [0.3, 0.4) is 0 Å². The molecule has 1 aliphatic rings. The Morgan fingerprint density at radius 2 is 2.05 bits per heavy atom. The van der Waals surface area contributed by atoms with Gasteiger partial charge in [0.2, 0.25) is 11.8 Å². The largest absolute Gasteiger partial charge is 0.326 e. The van der Waals surface area contributed by atoms with Crippen molar-refractivity contribution in [2.75, 3.05) is 12.4 Å². The molecular formula is C14H19N3O2. The number of amides is 2. The van der Waals surface area contributed by atoms with E-state index in [1.807, 2.05) is 32.0 Å². The lowest BCUT2D eigenvalue weighted by molar-refractivity contribution is -0.135. The zero-order chi connectivity index (χ0) is 14.2. The van der Waals surface area contributed by atoms with Crippen molar-refractivity contribution in [3.05, 3.63) is 29.3 Å². The fraction of sp³-hybridized carbons (Fsp3) is 0.429. The summed E-state index contributed by atoms with van der Waals surface area (Å²) >= 11 is 0. The molecule has 5 nitrogen and oxygen atoms in total. The monoisotopic (exact) mass is 261 g/mol. The molecule has 102 valence electrons. The van der Waals surface area contributed by atoms with Gasteiger partial charge in [-0.1, -0.05) is 12.1 Å². The number of fused-ring (bicyclic) bond motifs is 1. The predicted molar refractivity (Wildman–Crippen MR) is 73.4 cm³/mol. The normalized spacial score (nSPS) is 14.6. The molecule has 2 amide bonds. The first-order chi connectivity index (χ1) is 8.82. The van der Waals surface area contributed by atoms with Crippen molar-refractivity contribution in [3.63, 3.8) is 0 Å². The number of nitrogens with one attached hydrogen (secondary N) is 1. The smallest absolute Gasteiger partial charge is 0.246 e. The molecule has 1 aliphatic heterocycles. The third-order valence-corrected chi connectivity index (χ3v) is 3.58. The summed E-state index contributed by atoms with van der Waals surface area (Å²) in [6, 6.07) is 5.70. The summed E-state index contributed by atoms with van der Waals surface area (Å²) in [5.74, 6) is 5.44. The van der Waals surface area contributed by atoms with Crippen LogP contribution in [-0.4, -0.2) is 23.9 Å². The summed E-state index contributed by atoms with van der Waals surface area (Å²) in [4.78, 5) is 23.4. The Morgan fingerprint density at radius 3 is 2.68 bits per heavy atom. The van der Waals surface area contributed by atoms with Crippen LogP contribution in [0.1, 0.15) is 31.4 Å². The molecule has 0 unspecified atom stereocenters. The lowest BCUT2D eigenvalue weighted by Crippen LogP contribution is -2.45. The zero-order valence-corrected chi connectivity index (χ0v) is 11.5. The molecular weight excluding hydrogens is 242 g/mol. The van der Waals surface area contributed by atoms with Gasteiger partial charge in [0.05, 0.1) is 5.41 Å². The number of hydrogen-bond acceptors (Lipinski definition) is 3. The Labute approximate surface area is 112 Å². The second-order valence-corrected chi connectivity index (χ2v) is 5.46. The average molecular weight is 261 g/mol. The third kappa shape index (κ3) is 2.46. The first kappa shape index (κ1) is 13.5. The number of hydrogen-bond donors (Lipinski definition) is 2. The van der Waals surface area contributed by atoms with Crippen LogP contribution >= 0.6 is 0 Å². The van der Waals surface area contributed by atoms with Crippen LogP contribution in [0.2, 0.25) is 0 Å². The minimum absolute atomic E-state index is 0.0391. The summed E-state index contributed by atoms with van der Waals surface area (Å²) in [5, 5.41) is 3.94. The van der Waals surface area contributed by atoms with Crippen molar-refractivity contribution in [3.8, 4) is 0 Å². The molecule has 0 fully saturated rings. The summed E-state index contributed by atoms with van der Waals surface area (Å²) in [7, 11) is 1.54. The number of nitrogens with zero attached hydrogens (tertiary/aromatic N) is 1. The van der Waals surface area contributed by atoms with Crippen LogP contribution in [0.25, 0.3) is 0 Å². The number of carbonyl (C=O) groups excluding carboxylic acids is 2. The quantitative estimate of drug-likeness (QED) is 0.477. The SMILES string of the molecule is CN(N)C(=O)C(C)(C)c1ccc2c(c1)CCC(=O)N2. The fourth-order valence-electron chi connectivity index (χ4n) is 2.34. The van der Waals surface area contributed by atoms with E-state index in [4.69, 9.17) is 5.84 Å². The molecule has 19 heavy (non-hydrogen) atoms. The average Bonchev–Trinajstić information content (AvgIpc) is 2.36. The molecule has 1 heterocycles. The lowest BCUT2D eigenvalue weighted by Gasteiger charge is -2.28. The highest BCUT2D eigenvalue weighted by Gasteiger charge is 2.32. The number of hydrazine groups is 1. The van der Waals surface area contributed by atoms with E-state index in [9.17, 15) is 9.59 Å². The van der Waals surface area contributed by atoms with Crippen LogP contribution in [0.15, 0.2) is 18.2 Å². The van der Waals surface area contributed by atoms with Gasteiger partial charge in [-0.05, 0) is 37.5 Å². The number of rotatable bonds is 2. The van der Waals surface area contributed by atoms with E-state index < -0.39 is 5.41 Å². The molecule has 2 rings (SSSR count). The zero-order valence-electron chi connectivity index (χ0n) is 11.5. The maximum absolute atomic E-state index is 12.1. The standard InChI is InChI=1S/C14H19N3O2/c1-14(2,13(19)17(3)15)10-5-6-11-9(8-10)4-7-12(18)16-11/h5-6,8H,4,7,15H2,1-3H3,(H,16,18). The fourth-order valence-corrected chi connectivity index (χ4v) is 2.34. The van der Waals surface area contributed by atoms with Gasteiger partial charge in [-0.25, -0.2) is 5.84 Å². The number of carbonyl (C=O) groups is 2. The first-order valence-corrected chi connectivity index (χ1v) is 6.28. The van der Waals surface area contributed by atoms with Gasteiger partial charge < -0.3 is 5.32 Å². The van der Waals surface area contributed by atoms with Gasteiger partial charge in [0.25, 0.3) is 0 Å². The van der Waals surface area contributed by atoms with Crippen molar-refractivity contribution >= 4 is 17.5 Å². The Hall–Kier alpha value is -1.88. The summed E-state index contributed by atoms with van der Waals surface area (Å²) in [6.07, 6.45) is 1.19. The summed E-state index contributed by atoms with van der Waals surface area (Å²) in [6.45, 7) is 3.70. The van der Waals surface area contributed by atoms with Gasteiger partial charge >= 0.3 is 0 Å². The van der Waals surface area contributed by atoms with Crippen LogP contribution in [0.5, 0.6) is 0 Å². The van der Waals surface area contributed by atoms with E-state index in [0.717, 1.165) is 21.8 Å². The molecule has 0 spiro atoms. The second-order valence-electron chi connectivity index (χ2n) is 5.46. The highest BCUT2D eigenvalue weighted by atomic mass is 16.2. The molecule has 3 N–H and O–H groups in total. The second kappa shape index (κ2) is 4.66. The molecule has 0 aliphatic carbocycles. The maximum atomic E-state index is 12.1. The van der Waals surface area contributed by atoms with Gasteiger partial charge in [-0.3, -0.25) is 14.6 Å². The van der Waals surface area contributed by atoms with E-state index in [-0.39, 0.29) is 11.8 Å². The molecule has 5 heteroatoms. The van der Waals surface area contributed by atoms with Crippen molar-refractivity contribution in [1.82, 2.24) is 5.01 Å². The molecule has 1 aromatic carbocycles. The van der Waals surface area contributed by atoms with Crippen molar-refractivity contribution in [1.29, 1.82) is 0 Å². The van der Waals surface area contributed by atoms with E-state index in [2.05, 4.69) is 5.32 Å². The molecule has 0 radical (unpaired) electrons. The van der Waals surface area contributed by atoms with Gasteiger partial charge in [0.15, 0.2) is 0 Å².